The van der Waals surface area contributed by atoms with Crippen LogP contribution in [0.5, 0.6) is 17.2 Å². The van der Waals surface area contributed by atoms with E-state index in [1.807, 2.05) is 0 Å². The van der Waals surface area contributed by atoms with Gasteiger partial charge in [0.15, 0.2) is 0 Å². The van der Waals surface area contributed by atoms with Crippen molar-refractivity contribution in [1.82, 2.24) is 0 Å². The molecule has 0 aliphatic heterocycles. The van der Waals surface area contributed by atoms with Crippen LogP contribution in [0.15, 0.2) is 46.4 Å². The number of nitrogens with zero attached hydrogens (tertiary/aromatic N) is 3. The average Bonchev–Trinajstić information content (AvgIpc) is 2.60. The van der Waals surface area contributed by atoms with Crippen LogP contribution in [-0.4, -0.2) is 47.8 Å². The van der Waals surface area contributed by atoms with E-state index in [2.05, 4.69) is 9.98 Å². The predicted octanol–water partition coefficient (Wildman–Crippen LogP) is 2.55. The molecule has 0 unspecified atom stereocenters. The van der Waals surface area contributed by atoms with E-state index in [1.54, 1.807) is 12.1 Å². The van der Waals surface area contributed by atoms with Gasteiger partial charge in [-0.15, -0.1) is 0 Å². The number of phenolic OH excluding ortho intramolecular Hbond substituents is 2. The molecule has 2 N–H and O–H groups in total. The summed E-state index contributed by atoms with van der Waals surface area (Å²) in [6, 6.07) is 8.53. The fourth-order valence-corrected chi connectivity index (χ4v) is 1.96. The Kier molecular flexibility index (Phi) is 6.05. The van der Waals surface area contributed by atoms with Crippen LogP contribution in [0.3, 0.4) is 0 Å². The molecule has 2 aromatic rings. The molecule has 0 bridgehead atoms. The van der Waals surface area contributed by atoms with Crippen LogP contribution in [0.1, 0.15) is 11.1 Å². The van der Waals surface area contributed by atoms with Gasteiger partial charge < -0.3 is 14.9 Å². The molecule has 25 heavy (non-hydrogen) atoms. The number of nitro benzene ring substituents is 1. The fourth-order valence-electron chi connectivity index (χ4n) is 1.96. The van der Waals surface area contributed by atoms with E-state index in [0.29, 0.717) is 24.4 Å². The molecule has 2 rings (SSSR count). The van der Waals surface area contributed by atoms with Crippen LogP contribution >= 0.6 is 0 Å². The van der Waals surface area contributed by atoms with Crippen LogP contribution in [-0.2, 0) is 0 Å². The van der Waals surface area contributed by atoms with Gasteiger partial charge in [0.1, 0.15) is 17.2 Å². The van der Waals surface area contributed by atoms with Crippen molar-refractivity contribution in [3.05, 3.63) is 57.6 Å². The SMILES string of the molecule is COc1ccc(O)c(C=NCCN=Cc2cc([N+](=O)[O-])ccc2O)c1. The summed E-state index contributed by atoms with van der Waals surface area (Å²) >= 11 is 0. The molecule has 2 aromatic carbocycles. The van der Waals surface area contributed by atoms with Gasteiger partial charge in [0.05, 0.1) is 25.1 Å². The highest BCUT2D eigenvalue weighted by atomic mass is 16.6. The maximum Gasteiger partial charge on any atom is 0.270 e. The summed E-state index contributed by atoms with van der Waals surface area (Å²) in [6.45, 7) is 0.673. The monoisotopic (exact) mass is 343 g/mol. The van der Waals surface area contributed by atoms with E-state index in [0.717, 1.165) is 0 Å². The zero-order chi connectivity index (χ0) is 18.2. The van der Waals surface area contributed by atoms with Gasteiger partial charge in [0, 0.05) is 35.7 Å². The summed E-state index contributed by atoms with van der Waals surface area (Å²) in [7, 11) is 1.53. The van der Waals surface area contributed by atoms with Gasteiger partial charge in [-0.2, -0.15) is 0 Å². The van der Waals surface area contributed by atoms with E-state index in [4.69, 9.17) is 4.74 Å². The Hall–Kier alpha value is -3.42. The molecule has 0 saturated carbocycles. The van der Waals surface area contributed by atoms with Gasteiger partial charge in [-0.3, -0.25) is 20.1 Å². The molecule has 0 aliphatic rings. The summed E-state index contributed by atoms with van der Waals surface area (Å²) in [6.07, 6.45) is 2.87. The lowest BCUT2D eigenvalue weighted by Crippen LogP contribution is -1.93. The number of aliphatic imine (C=N–C) groups is 2. The molecule has 0 aromatic heterocycles. The van der Waals surface area contributed by atoms with E-state index < -0.39 is 4.92 Å². The van der Waals surface area contributed by atoms with Crippen LogP contribution < -0.4 is 4.74 Å². The fraction of sp³-hybridized carbons (Fsp3) is 0.176. The second-order valence-electron chi connectivity index (χ2n) is 5.00. The molecule has 0 atom stereocenters. The number of hydrogen-bond acceptors (Lipinski definition) is 7. The van der Waals surface area contributed by atoms with Gasteiger partial charge in [0.25, 0.3) is 5.69 Å². The maximum atomic E-state index is 10.7. The van der Waals surface area contributed by atoms with Gasteiger partial charge >= 0.3 is 0 Å². The third-order valence-corrected chi connectivity index (χ3v) is 3.28. The van der Waals surface area contributed by atoms with E-state index in [-0.39, 0.29) is 22.7 Å². The van der Waals surface area contributed by atoms with Crippen molar-refractivity contribution in [3.8, 4) is 17.2 Å². The Morgan fingerprint density at radius 2 is 1.60 bits per heavy atom. The Balaban J connectivity index is 1.94. The molecule has 0 heterocycles. The summed E-state index contributed by atoms with van der Waals surface area (Å²) in [4.78, 5) is 18.4. The third kappa shape index (κ3) is 5.03. The predicted molar refractivity (Wildman–Crippen MR) is 94.3 cm³/mol. The molecule has 8 heteroatoms. The topological polar surface area (TPSA) is 118 Å². The first-order valence-electron chi connectivity index (χ1n) is 7.35. The smallest absolute Gasteiger partial charge is 0.270 e. The molecule has 0 aliphatic carbocycles. The number of non-ortho nitro benzene ring substituents is 1. The van der Waals surface area contributed by atoms with Gasteiger partial charge in [0.2, 0.25) is 0 Å². The molecule has 0 radical (unpaired) electrons. The number of ether oxygens (including phenoxy) is 1. The van der Waals surface area contributed by atoms with Crippen LogP contribution in [0.25, 0.3) is 0 Å². The third-order valence-electron chi connectivity index (χ3n) is 3.28. The van der Waals surface area contributed by atoms with Crippen molar-refractivity contribution in [3.63, 3.8) is 0 Å². The van der Waals surface area contributed by atoms with Gasteiger partial charge in [-0.1, -0.05) is 0 Å². The minimum atomic E-state index is -0.540. The summed E-state index contributed by atoms with van der Waals surface area (Å²) < 4.78 is 5.07. The number of rotatable bonds is 7. The molecule has 0 saturated heterocycles. The van der Waals surface area contributed by atoms with Crippen molar-refractivity contribution in [2.75, 3.05) is 20.2 Å². The minimum Gasteiger partial charge on any atom is -0.507 e. The molecule has 0 fully saturated rings. The molecule has 130 valence electrons. The number of benzene rings is 2. The van der Waals surface area contributed by atoms with Crippen LogP contribution in [0.4, 0.5) is 5.69 Å². The first-order valence-corrected chi connectivity index (χ1v) is 7.35. The number of hydrogen-bond donors (Lipinski definition) is 2. The van der Waals surface area contributed by atoms with Gasteiger partial charge in [-0.25, -0.2) is 0 Å². The first-order chi connectivity index (χ1) is 12.0. The second kappa shape index (κ2) is 8.44. The number of nitro groups is 1. The Morgan fingerprint density at radius 3 is 2.16 bits per heavy atom. The summed E-state index contributed by atoms with van der Waals surface area (Å²) in [5.74, 6) is 0.618. The highest BCUT2D eigenvalue weighted by Gasteiger charge is 2.08. The second-order valence-corrected chi connectivity index (χ2v) is 5.00. The molecule has 0 amide bonds. The lowest BCUT2D eigenvalue weighted by atomic mass is 10.2. The lowest BCUT2D eigenvalue weighted by molar-refractivity contribution is -0.384. The van der Waals surface area contributed by atoms with Crippen molar-refractivity contribution in [2.24, 2.45) is 9.98 Å². The quantitative estimate of drug-likeness (QED) is 0.347. The van der Waals surface area contributed by atoms with Crippen molar-refractivity contribution in [2.45, 2.75) is 0 Å². The maximum absolute atomic E-state index is 10.7. The Labute approximate surface area is 143 Å². The summed E-state index contributed by atoms with van der Waals surface area (Å²) in [5, 5.41) is 30.1. The number of aromatic hydroxyl groups is 2. The van der Waals surface area contributed by atoms with Gasteiger partial charge in [-0.05, 0) is 24.3 Å². The van der Waals surface area contributed by atoms with Crippen molar-refractivity contribution < 1.29 is 19.9 Å². The Bertz CT molecular complexity index is 818. The number of phenols is 2. The van der Waals surface area contributed by atoms with E-state index in [1.165, 1.54) is 43.8 Å². The average molecular weight is 343 g/mol. The highest BCUT2D eigenvalue weighted by Crippen LogP contribution is 2.22. The molecule has 0 spiro atoms. The lowest BCUT2D eigenvalue weighted by Gasteiger charge is -2.02. The van der Waals surface area contributed by atoms with E-state index >= 15 is 0 Å². The molecular formula is C17H17N3O5. The van der Waals surface area contributed by atoms with Crippen molar-refractivity contribution >= 4 is 18.1 Å². The van der Waals surface area contributed by atoms with E-state index in [9.17, 15) is 20.3 Å². The minimum absolute atomic E-state index is 0.0841. The largest absolute Gasteiger partial charge is 0.507 e. The molecule has 8 nitrogen and oxygen atoms in total. The summed E-state index contributed by atoms with van der Waals surface area (Å²) in [5.41, 5.74) is 0.675. The highest BCUT2D eigenvalue weighted by molar-refractivity contribution is 5.85. The first kappa shape index (κ1) is 17.9. The van der Waals surface area contributed by atoms with Crippen LogP contribution in [0, 0.1) is 10.1 Å². The standard InChI is InChI=1S/C17H17N3O5/c1-25-15-3-5-17(22)13(9-15)11-19-7-6-18-10-12-8-14(20(23)24)2-4-16(12)21/h2-5,8-11,21-22H,6-7H2,1H3. The normalized spacial score (nSPS) is 11.2. The Morgan fingerprint density at radius 1 is 1.04 bits per heavy atom. The number of methoxy groups -OCH3 is 1. The molecular weight excluding hydrogens is 326 g/mol. The zero-order valence-corrected chi connectivity index (χ0v) is 13.5. The van der Waals surface area contributed by atoms with Crippen molar-refractivity contribution in [1.29, 1.82) is 0 Å². The van der Waals surface area contributed by atoms with Crippen LogP contribution in [0.2, 0.25) is 0 Å². The zero-order valence-electron chi connectivity index (χ0n) is 13.5.